The maximum absolute atomic E-state index is 10.1. The Morgan fingerprint density at radius 3 is 1.27 bits per heavy atom. The van der Waals surface area contributed by atoms with Crippen molar-refractivity contribution in [2.75, 3.05) is 11.5 Å². The molecule has 2 aromatic heterocycles. The molecule has 16 nitrogen and oxygen atoms in total. The maximum Gasteiger partial charge on any atom is 0.308 e. The number of rotatable bonds is 5. The number of carboxylic acid groups (broad SMARTS) is 2. The number of nitro groups is 2. The summed E-state index contributed by atoms with van der Waals surface area (Å²) >= 11 is 0. The lowest BCUT2D eigenvalue weighted by Crippen LogP contribution is -2.51. The number of anilines is 2. The Balaban J connectivity index is 0.000000420. The number of hydrogen-bond acceptors (Lipinski definition) is 12. The minimum atomic E-state index is -2.44. The SMILES string of the molecule is Nc1ccc([N+](=O)[O-])c[nH+]1.Nc1ccc([N+](=O)[O-])c[nH+]1.O=C([O-])[C@H](O)[C@@H](O)C(=O)[O-]. The van der Waals surface area contributed by atoms with Crippen molar-refractivity contribution in [2.24, 2.45) is 0 Å². The number of H-pyrrole nitrogens is 2. The van der Waals surface area contributed by atoms with Gasteiger partial charge < -0.3 is 30.0 Å². The zero-order chi connectivity index (χ0) is 23.4. The topological polar surface area (TPSA) is 287 Å². The number of nitrogens with one attached hydrogen (secondary N) is 2. The van der Waals surface area contributed by atoms with Gasteiger partial charge in [-0.2, -0.15) is 0 Å². The number of pyridine rings is 2. The van der Waals surface area contributed by atoms with Crippen LogP contribution in [-0.4, -0.2) is 44.2 Å². The molecule has 2 aromatic rings. The van der Waals surface area contributed by atoms with E-state index in [1.807, 2.05) is 0 Å². The standard InChI is InChI=1S/2C5H5N3O2.C4H6O6/c2*6-5-2-1-4(3-7-5)8(9)10;5-1(3(7)8)2(6)4(9)10/h2*1-3H,(H2,6,7);1-2,5-6H,(H,7,8)(H,9,10)/t;;1-,2-/m..1/s1. The van der Waals surface area contributed by atoms with Gasteiger partial charge in [-0.3, -0.25) is 31.7 Å². The van der Waals surface area contributed by atoms with Crippen LogP contribution in [0.3, 0.4) is 0 Å². The summed E-state index contributed by atoms with van der Waals surface area (Å²) in [6.07, 6.45) is -2.39. The fourth-order valence-electron chi connectivity index (χ4n) is 1.34. The molecular weight excluding hydrogens is 412 g/mol. The number of aliphatic carboxylic acids is 2. The van der Waals surface area contributed by atoms with Crippen molar-refractivity contribution in [2.45, 2.75) is 12.2 Å². The highest BCUT2D eigenvalue weighted by atomic mass is 16.6. The first kappa shape index (κ1) is 25.6. The van der Waals surface area contributed by atoms with Crippen LogP contribution in [0.25, 0.3) is 0 Å². The molecule has 2 heterocycles. The van der Waals surface area contributed by atoms with E-state index in [9.17, 15) is 40.0 Å². The zero-order valence-electron chi connectivity index (χ0n) is 14.8. The second kappa shape index (κ2) is 12.1. The van der Waals surface area contributed by atoms with Crippen molar-refractivity contribution in [3.05, 3.63) is 56.9 Å². The summed E-state index contributed by atoms with van der Waals surface area (Å²) in [4.78, 5) is 43.4. The van der Waals surface area contributed by atoms with Crippen molar-refractivity contribution >= 4 is 34.9 Å². The van der Waals surface area contributed by atoms with Crippen LogP contribution in [0.5, 0.6) is 0 Å². The van der Waals surface area contributed by atoms with Gasteiger partial charge in [-0.15, -0.1) is 0 Å². The van der Waals surface area contributed by atoms with Gasteiger partial charge in [-0.25, -0.2) is 9.97 Å². The van der Waals surface area contributed by atoms with Gasteiger partial charge in [-0.05, 0) is 0 Å². The van der Waals surface area contributed by atoms with Gasteiger partial charge >= 0.3 is 11.4 Å². The molecule has 30 heavy (non-hydrogen) atoms. The molecule has 0 aliphatic carbocycles. The summed E-state index contributed by atoms with van der Waals surface area (Å²) in [7, 11) is 0. The normalized spacial score (nSPS) is 11.4. The molecule has 0 amide bonds. The smallest absolute Gasteiger partial charge is 0.308 e. The summed E-state index contributed by atoms with van der Waals surface area (Å²) in [6, 6.07) is 5.56. The predicted molar refractivity (Wildman–Crippen MR) is 90.2 cm³/mol. The molecular formula is C14H16N6O10. The lowest BCUT2D eigenvalue weighted by molar-refractivity contribution is -0.413. The Bertz CT molecular complexity index is 800. The number of carbonyl (C=O) groups is 2. The van der Waals surface area contributed by atoms with Crippen molar-refractivity contribution in [3.8, 4) is 0 Å². The molecule has 2 atom stereocenters. The van der Waals surface area contributed by atoms with Gasteiger partial charge in [0.25, 0.3) is 11.6 Å². The molecule has 0 saturated carbocycles. The van der Waals surface area contributed by atoms with Crippen LogP contribution < -0.4 is 31.6 Å². The largest absolute Gasteiger partial charge is 0.547 e. The number of aliphatic hydroxyl groups excluding tert-OH is 2. The van der Waals surface area contributed by atoms with E-state index in [0.717, 1.165) is 0 Å². The van der Waals surface area contributed by atoms with Gasteiger partial charge in [0.1, 0.15) is 12.2 Å². The molecule has 0 radical (unpaired) electrons. The van der Waals surface area contributed by atoms with E-state index in [1.54, 1.807) is 0 Å². The summed E-state index contributed by atoms with van der Waals surface area (Å²) in [5.74, 6) is -3.30. The van der Waals surface area contributed by atoms with Crippen LogP contribution in [0.4, 0.5) is 23.0 Å². The average molecular weight is 428 g/mol. The van der Waals surface area contributed by atoms with Gasteiger partial charge in [0.05, 0.1) is 21.8 Å². The Morgan fingerprint density at radius 2 is 1.10 bits per heavy atom. The fraction of sp³-hybridized carbons (Fsp3) is 0.143. The van der Waals surface area contributed by atoms with Gasteiger partial charge in [-0.1, -0.05) is 0 Å². The molecule has 0 aliphatic heterocycles. The number of nitrogens with two attached hydrogens (primary N) is 2. The van der Waals surface area contributed by atoms with Gasteiger partial charge in [0.15, 0.2) is 12.4 Å². The highest BCUT2D eigenvalue weighted by Crippen LogP contribution is 2.06. The number of aliphatic hydroxyl groups is 2. The van der Waals surface area contributed by atoms with Crippen molar-refractivity contribution < 1.29 is 49.8 Å². The van der Waals surface area contributed by atoms with E-state index in [1.165, 1.54) is 36.7 Å². The molecule has 8 N–H and O–H groups in total. The van der Waals surface area contributed by atoms with E-state index >= 15 is 0 Å². The number of carboxylic acids is 2. The summed E-state index contributed by atoms with van der Waals surface area (Å²) in [6.45, 7) is 0. The van der Waals surface area contributed by atoms with E-state index in [-0.39, 0.29) is 11.4 Å². The van der Waals surface area contributed by atoms with Crippen LogP contribution in [0.1, 0.15) is 0 Å². The number of aromatic nitrogens is 2. The van der Waals surface area contributed by atoms with Gasteiger partial charge in [0.2, 0.25) is 0 Å². The molecule has 0 fully saturated rings. The number of carbonyl (C=O) groups excluding carboxylic acids is 2. The zero-order valence-corrected chi connectivity index (χ0v) is 14.8. The lowest BCUT2D eigenvalue weighted by Gasteiger charge is -2.18. The van der Waals surface area contributed by atoms with Crippen LogP contribution in [0.15, 0.2) is 36.7 Å². The van der Waals surface area contributed by atoms with Crippen LogP contribution in [0, 0.1) is 20.2 Å². The summed E-state index contributed by atoms with van der Waals surface area (Å²) in [5, 5.41) is 55.8. The predicted octanol–water partition coefficient (Wildman–Crippen LogP) is -4.81. The van der Waals surface area contributed by atoms with E-state index < -0.39 is 34.0 Å². The third-order valence-corrected chi connectivity index (χ3v) is 2.84. The molecule has 2 rings (SSSR count). The third kappa shape index (κ3) is 9.48. The fourth-order valence-corrected chi connectivity index (χ4v) is 1.34. The monoisotopic (exact) mass is 428 g/mol. The van der Waals surface area contributed by atoms with Crippen LogP contribution in [-0.2, 0) is 9.59 Å². The minimum absolute atomic E-state index is 0.00852. The minimum Gasteiger partial charge on any atom is -0.547 e. The Morgan fingerprint density at radius 1 is 0.800 bits per heavy atom. The van der Waals surface area contributed by atoms with Crippen LogP contribution >= 0.6 is 0 Å². The number of aromatic amines is 2. The molecule has 0 unspecified atom stereocenters. The van der Waals surface area contributed by atoms with Crippen LogP contribution in [0.2, 0.25) is 0 Å². The highest BCUT2D eigenvalue weighted by Gasteiger charge is 2.17. The number of nitrogen functional groups attached to an aromatic ring is 2. The Kier molecular flexibility index (Phi) is 10.3. The van der Waals surface area contributed by atoms with Crippen molar-refractivity contribution in [3.63, 3.8) is 0 Å². The first-order valence-electron chi connectivity index (χ1n) is 7.47. The van der Waals surface area contributed by atoms with E-state index in [4.69, 9.17) is 21.7 Å². The molecule has 0 aliphatic rings. The van der Waals surface area contributed by atoms with Gasteiger partial charge in [0, 0.05) is 24.3 Å². The number of hydrogen-bond donors (Lipinski definition) is 4. The van der Waals surface area contributed by atoms with E-state index in [0.29, 0.717) is 11.6 Å². The third-order valence-electron chi connectivity index (χ3n) is 2.84. The first-order valence-corrected chi connectivity index (χ1v) is 7.47. The first-order chi connectivity index (χ1) is 13.9. The molecule has 0 aromatic carbocycles. The van der Waals surface area contributed by atoms with E-state index in [2.05, 4.69) is 9.97 Å². The molecule has 162 valence electrons. The molecule has 0 saturated heterocycles. The van der Waals surface area contributed by atoms with Crippen molar-refractivity contribution in [1.29, 1.82) is 0 Å². The summed E-state index contributed by atoms with van der Waals surface area (Å²) in [5.41, 5.74) is 10.5. The quantitative estimate of drug-likeness (QED) is 0.257. The number of nitrogens with zero attached hydrogens (tertiary/aromatic N) is 2. The molecule has 0 spiro atoms. The lowest BCUT2D eigenvalue weighted by atomic mass is 10.2. The summed E-state index contributed by atoms with van der Waals surface area (Å²) < 4.78 is 0. The van der Waals surface area contributed by atoms with Crippen molar-refractivity contribution in [1.82, 2.24) is 0 Å². The Labute approximate surface area is 166 Å². The molecule has 0 bridgehead atoms. The average Bonchev–Trinajstić information content (AvgIpc) is 2.68. The Hall–Kier alpha value is -4.44. The second-order valence-corrected chi connectivity index (χ2v) is 5.05. The second-order valence-electron chi connectivity index (χ2n) is 5.05. The maximum atomic E-state index is 10.1. The molecule has 16 heteroatoms. The highest BCUT2D eigenvalue weighted by molar-refractivity contribution is 5.80.